The van der Waals surface area contributed by atoms with E-state index in [1.54, 1.807) is 0 Å². The third-order valence-corrected chi connectivity index (χ3v) is 4.11. The van der Waals surface area contributed by atoms with E-state index < -0.39 is 0 Å². The van der Waals surface area contributed by atoms with Crippen LogP contribution in [0, 0.1) is 5.41 Å². The molecule has 0 saturated heterocycles. The number of unbranched alkanes of at least 4 members (excludes halogenated alkanes) is 6. The van der Waals surface area contributed by atoms with E-state index in [9.17, 15) is 0 Å². The molecule has 1 aromatic rings. The van der Waals surface area contributed by atoms with Gasteiger partial charge in [0.25, 0.3) is 0 Å². The Bertz CT molecular complexity index is 377. The molecule has 0 atom stereocenters. The van der Waals surface area contributed by atoms with E-state index in [0.717, 1.165) is 0 Å². The highest BCUT2D eigenvalue weighted by Crippen LogP contribution is 2.22. The summed E-state index contributed by atoms with van der Waals surface area (Å²) in [5.41, 5.74) is 3.20. The lowest BCUT2D eigenvalue weighted by atomic mass is 9.89. The molecule has 0 spiro atoms. The number of aryl methyl sites for hydroxylation is 1. The van der Waals surface area contributed by atoms with E-state index in [-0.39, 0.29) is 0 Å². The maximum atomic E-state index is 3.79. The van der Waals surface area contributed by atoms with Gasteiger partial charge in [-0.25, -0.2) is 0 Å². The highest BCUT2D eigenvalue weighted by atomic mass is 14.1. The molecule has 0 fully saturated rings. The predicted octanol–water partition coefficient (Wildman–Crippen LogP) is 7.04. The Kier molecular flexibility index (Phi) is 8.42. The van der Waals surface area contributed by atoms with Crippen molar-refractivity contribution in [3.8, 4) is 0 Å². The van der Waals surface area contributed by atoms with Crippen LogP contribution in [0.3, 0.4) is 0 Å². The molecule has 0 nitrogen and oxygen atoms in total. The lowest BCUT2D eigenvalue weighted by Crippen LogP contribution is -2.03. The third-order valence-electron chi connectivity index (χ3n) is 4.11. The van der Waals surface area contributed by atoms with E-state index in [1.165, 1.54) is 68.9 Å². The first kappa shape index (κ1) is 18.0. The van der Waals surface area contributed by atoms with Crippen molar-refractivity contribution in [2.45, 2.75) is 78.6 Å². The molecule has 1 rings (SSSR count). The van der Waals surface area contributed by atoms with Crippen molar-refractivity contribution in [3.05, 3.63) is 42.0 Å². The van der Waals surface area contributed by atoms with Crippen LogP contribution in [0.1, 0.15) is 83.3 Å². The maximum Gasteiger partial charge on any atom is -0.0262 e. The molecule has 0 amide bonds. The van der Waals surface area contributed by atoms with Crippen molar-refractivity contribution in [3.63, 3.8) is 0 Å². The molecular formula is C21H34. The molecule has 0 aliphatic heterocycles. The van der Waals surface area contributed by atoms with Gasteiger partial charge in [-0.05, 0) is 35.8 Å². The van der Waals surface area contributed by atoms with Crippen molar-refractivity contribution in [2.24, 2.45) is 5.41 Å². The summed E-state index contributed by atoms with van der Waals surface area (Å²) in [7, 11) is 0. The van der Waals surface area contributed by atoms with E-state index in [0.29, 0.717) is 5.41 Å². The molecule has 0 aliphatic rings. The summed E-state index contributed by atoms with van der Waals surface area (Å²) in [6, 6.07) is 8.81. The fraction of sp³-hybridized carbons (Fsp3) is 0.619. The Hall–Kier alpha value is -1.04. The van der Waals surface area contributed by atoms with Gasteiger partial charge in [-0.1, -0.05) is 96.2 Å². The van der Waals surface area contributed by atoms with E-state index in [4.69, 9.17) is 0 Å². The molecule has 0 saturated carbocycles. The lowest BCUT2D eigenvalue weighted by molar-refractivity contribution is 0.356. The van der Waals surface area contributed by atoms with Gasteiger partial charge in [0.15, 0.2) is 0 Å². The lowest BCUT2D eigenvalue weighted by Gasteiger charge is -2.17. The summed E-state index contributed by atoms with van der Waals surface area (Å²) in [6.45, 7) is 10.8. The van der Waals surface area contributed by atoms with Crippen molar-refractivity contribution < 1.29 is 0 Å². The first-order chi connectivity index (χ1) is 10.0. The van der Waals surface area contributed by atoms with Gasteiger partial charge in [0.2, 0.25) is 0 Å². The average Bonchev–Trinajstić information content (AvgIpc) is 2.45. The Morgan fingerprint density at radius 2 is 1.33 bits per heavy atom. The Balaban J connectivity index is 1.96. The average molecular weight is 287 g/mol. The molecule has 0 N–H and O–H groups in total. The zero-order valence-corrected chi connectivity index (χ0v) is 14.5. The quantitative estimate of drug-likeness (QED) is 0.405. The Labute approximate surface area is 132 Å². The van der Waals surface area contributed by atoms with Gasteiger partial charge in [0.05, 0.1) is 0 Å². The minimum Gasteiger partial charge on any atom is -0.0985 e. The molecule has 0 heteroatoms. The minimum absolute atomic E-state index is 0.515. The van der Waals surface area contributed by atoms with Crippen molar-refractivity contribution >= 4 is 6.08 Å². The van der Waals surface area contributed by atoms with Crippen LogP contribution in [0.2, 0.25) is 0 Å². The summed E-state index contributed by atoms with van der Waals surface area (Å²) >= 11 is 0. The molecule has 21 heavy (non-hydrogen) atoms. The van der Waals surface area contributed by atoms with Gasteiger partial charge in [0.1, 0.15) is 0 Å². The van der Waals surface area contributed by atoms with Crippen LogP contribution >= 0.6 is 0 Å². The van der Waals surface area contributed by atoms with Gasteiger partial charge in [-0.15, -0.1) is 0 Å². The fourth-order valence-corrected chi connectivity index (χ4v) is 2.69. The molecule has 0 bridgehead atoms. The number of rotatable bonds is 10. The molecule has 0 heterocycles. The smallest absolute Gasteiger partial charge is 0.0262 e. The maximum absolute atomic E-state index is 3.79. The van der Waals surface area contributed by atoms with E-state index in [2.05, 4.69) is 51.6 Å². The number of benzene rings is 1. The zero-order chi connectivity index (χ0) is 15.6. The molecule has 0 unspecified atom stereocenters. The second-order valence-corrected chi connectivity index (χ2v) is 7.48. The zero-order valence-electron chi connectivity index (χ0n) is 14.5. The third kappa shape index (κ3) is 9.50. The standard InChI is InChI=1S/C21H34/c1-5-19-14-16-20(17-15-19)13-11-9-7-6-8-10-12-18-21(2,3)4/h5,14-17H,1,6-13,18H2,2-4H3. The largest absolute Gasteiger partial charge is 0.0985 e. The minimum atomic E-state index is 0.515. The van der Waals surface area contributed by atoms with Gasteiger partial charge >= 0.3 is 0 Å². The molecule has 118 valence electrons. The molecule has 0 radical (unpaired) electrons. The van der Waals surface area contributed by atoms with Crippen LogP contribution in [0.25, 0.3) is 6.08 Å². The van der Waals surface area contributed by atoms with Gasteiger partial charge in [-0.3, -0.25) is 0 Å². The Morgan fingerprint density at radius 3 is 1.86 bits per heavy atom. The summed E-state index contributed by atoms with van der Waals surface area (Å²) in [5, 5.41) is 0. The molecular weight excluding hydrogens is 252 g/mol. The van der Waals surface area contributed by atoms with Gasteiger partial charge in [-0.2, -0.15) is 0 Å². The van der Waals surface area contributed by atoms with Crippen LogP contribution in [-0.2, 0) is 6.42 Å². The van der Waals surface area contributed by atoms with Crippen LogP contribution in [-0.4, -0.2) is 0 Å². The number of hydrogen-bond acceptors (Lipinski definition) is 0. The highest BCUT2D eigenvalue weighted by Gasteiger charge is 2.08. The van der Waals surface area contributed by atoms with Gasteiger partial charge in [0, 0.05) is 0 Å². The predicted molar refractivity (Wildman–Crippen MR) is 96.6 cm³/mol. The SMILES string of the molecule is C=Cc1ccc(CCCCCCCCCC(C)(C)C)cc1. The monoisotopic (exact) mass is 286 g/mol. The molecule has 0 aromatic heterocycles. The summed E-state index contributed by atoms with van der Waals surface area (Å²) < 4.78 is 0. The van der Waals surface area contributed by atoms with Crippen LogP contribution in [0.15, 0.2) is 30.8 Å². The van der Waals surface area contributed by atoms with Crippen molar-refractivity contribution in [2.75, 3.05) is 0 Å². The second-order valence-electron chi connectivity index (χ2n) is 7.48. The van der Waals surface area contributed by atoms with Crippen molar-refractivity contribution in [1.29, 1.82) is 0 Å². The summed E-state index contributed by atoms with van der Waals surface area (Å²) in [5.74, 6) is 0. The second kappa shape index (κ2) is 9.82. The van der Waals surface area contributed by atoms with Crippen molar-refractivity contribution in [1.82, 2.24) is 0 Å². The van der Waals surface area contributed by atoms with Crippen LogP contribution in [0.4, 0.5) is 0 Å². The number of hydrogen-bond donors (Lipinski definition) is 0. The van der Waals surface area contributed by atoms with E-state index >= 15 is 0 Å². The first-order valence-corrected chi connectivity index (χ1v) is 8.73. The Morgan fingerprint density at radius 1 is 0.810 bits per heavy atom. The normalized spacial score (nSPS) is 11.6. The molecule has 1 aromatic carbocycles. The highest BCUT2D eigenvalue weighted by molar-refractivity contribution is 5.47. The fourth-order valence-electron chi connectivity index (χ4n) is 2.69. The topological polar surface area (TPSA) is 0 Å². The first-order valence-electron chi connectivity index (χ1n) is 8.73. The van der Waals surface area contributed by atoms with Crippen LogP contribution in [0.5, 0.6) is 0 Å². The summed E-state index contributed by atoms with van der Waals surface area (Å²) in [4.78, 5) is 0. The molecule has 0 aliphatic carbocycles. The van der Waals surface area contributed by atoms with E-state index in [1.807, 2.05) is 6.08 Å². The summed E-state index contributed by atoms with van der Waals surface area (Å²) in [6.07, 6.45) is 14.3. The van der Waals surface area contributed by atoms with Gasteiger partial charge < -0.3 is 0 Å². The van der Waals surface area contributed by atoms with Crippen LogP contribution < -0.4 is 0 Å².